The molecule has 0 saturated carbocycles. The first-order chi connectivity index (χ1) is 16.3. The van der Waals surface area contributed by atoms with Crippen LogP contribution >= 0.6 is 11.3 Å². The Morgan fingerprint density at radius 2 is 1.79 bits per heavy atom. The number of fused-ring (bicyclic) bond motifs is 1. The van der Waals surface area contributed by atoms with Gasteiger partial charge in [-0.25, -0.2) is 19.0 Å². The molecule has 0 amide bonds. The lowest BCUT2D eigenvalue weighted by atomic mass is 9.96. The molecule has 1 aliphatic heterocycles. The zero-order valence-electron chi connectivity index (χ0n) is 18.7. The number of allylic oxidation sites excluding steroid dienone is 1. The third-order valence-corrected chi connectivity index (χ3v) is 6.32. The van der Waals surface area contributed by atoms with Crippen LogP contribution in [0.15, 0.2) is 69.6 Å². The highest BCUT2D eigenvalue weighted by Gasteiger charge is 2.33. The van der Waals surface area contributed by atoms with E-state index in [1.165, 1.54) is 35.1 Å². The van der Waals surface area contributed by atoms with Gasteiger partial charge in [0.1, 0.15) is 5.82 Å². The second kappa shape index (κ2) is 9.56. The summed E-state index contributed by atoms with van der Waals surface area (Å²) in [7, 11) is 1.31. The van der Waals surface area contributed by atoms with Crippen LogP contribution in [-0.4, -0.2) is 30.2 Å². The van der Waals surface area contributed by atoms with E-state index in [4.69, 9.17) is 9.47 Å². The number of aromatic nitrogens is 1. The number of hydrogen-bond donors (Lipinski definition) is 0. The quantitative estimate of drug-likeness (QED) is 0.524. The lowest BCUT2D eigenvalue weighted by Gasteiger charge is -2.24. The standard InChI is InChI=1S/C25H21FN2O5S/c1-4-33-24(31)20-14(2)27-25-28(21(20)16-9-11-18(26)12-10-16)22(29)19(34-25)13-15-5-7-17(8-6-15)23(30)32-3/h5-13,21H,4H2,1-3H3/b19-13-/t21-/m1/s1. The highest BCUT2D eigenvalue weighted by atomic mass is 32.1. The van der Waals surface area contributed by atoms with Crippen molar-refractivity contribution in [1.82, 2.24) is 4.57 Å². The van der Waals surface area contributed by atoms with Crippen molar-refractivity contribution in [2.45, 2.75) is 19.9 Å². The molecule has 0 bridgehead atoms. The average molecular weight is 481 g/mol. The van der Waals surface area contributed by atoms with Gasteiger partial charge in [0.25, 0.3) is 5.56 Å². The first-order valence-corrected chi connectivity index (χ1v) is 11.3. The van der Waals surface area contributed by atoms with E-state index < -0.39 is 23.8 Å². The largest absolute Gasteiger partial charge is 0.465 e. The summed E-state index contributed by atoms with van der Waals surface area (Å²) in [5.41, 5.74) is 1.99. The number of thiazole rings is 1. The van der Waals surface area contributed by atoms with Gasteiger partial charge in [-0.05, 0) is 55.3 Å². The number of halogens is 1. The van der Waals surface area contributed by atoms with Crippen molar-refractivity contribution < 1.29 is 23.5 Å². The monoisotopic (exact) mass is 480 g/mol. The number of esters is 2. The summed E-state index contributed by atoms with van der Waals surface area (Å²) in [6.07, 6.45) is 1.69. The second-order valence-electron chi connectivity index (χ2n) is 7.47. The molecular formula is C25H21FN2O5S. The van der Waals surface area contributed by atoms with Gasteiger partial charge in [0.2, 0.25) is 0 Å². The molecule has 9 heteroatoms. The maximum absolute atomic E-state index is 13.6. The van der Waals surface area contributed by atoms with E-state index in [0.29, 0.717) is 31.7 Å². The predicted octanol–water partition coefficient (Wildman–Crippen LogP) is 2.72. The summed E-state index contributed by atoms with van der Waals surface area (Å²) in [5.74, 6) is -1.46. The van der Waals surface area contributed by atoms with E-state index in [1.54, 1.807) is 56.3 Å². The SMILES string of the molecule is CCOC(=O)C1=C(C)N=c2s/c(=C\c3ccc(C(=O)OC)cc3)c(=O)n2[C@@H]1c1ccc(F)cc1. The van der Waals surface area contributed by atoms with Gasteiger partial charge in [0.15, 0.2) is 4.80 Å². The van der Waals surface area contributed by atoms with E-state index in [9.17, 15) is 18.8 Å². The molecule has 4 rings (SSSR count). The summed E-state index contributed by atoms with van der Waals surface area (Å²) in [6.45, 7) is 3.55. The molecule has 0 N–H and O–H groups in total. The number of rotatable bonds is 5. The number of benzene rings is 2. The van der Waals surface area contributed by atoms with Crippen molar-refractivity contribution >= 4 is 29.4 Å². The van der Waals surface area contributed by atoms with E-state index in [-0.39, 0.29) is 17.7 Å². The number of nitrogens with zero attached hydrogens (tertiary/aromatic N) is 2. The zero-order chi connectivity index (χ0) is 24.4. The molecule has 1 atom stereocenters. The van der Waals surface area contributed by atoms with Crippen molar-refractivity contribution in [3.63, 3.8) is 0 Å². The molecule has 2 aromatic carbocycles. The Balaban J connectivity index is 1.87. The van der Waals surface area contributed by atoms with Crippen LogP contribution in [0.5, 0.6) is 0 Å². The fourth-order valence-electron chi connectivity index (χ4n) is 3.74. The first kappa shape index (κ1) is 23.3. The molecule has 34 heavy (non-hydrogen) atoms. The van der Waals surface area contributed by atoms with Crippen LogP contribution in [0.25, 0.3) is 6.08 Å². The third-order valence-electron chi connectivity index (χ3n) is 5.33. The molecule has 1 aliphatic rings. The van der Waals surface area contributed by atoms with Crippen LogP contribution in [0.2, 0.25) is 0 Å². The second-order valence-corrected chi connectivity index (χ2v) is 8.48. The summed E-state index contributed by atoms with van der Waals surface area (Å²) in [4.78, 5) is 42.9. The van der Waals surface area contributed by atoms with Crippen LogP contribution in [0, 0.1) is 5.82 Å². The minimum absolute atomic E-state index is 0.164. The molecule has 0 saturated heterocycles. The molecule has 0 unspecified atom stereocenters. The topological polar surface area (TPSA) is 87.0 Å². The van der Waals surface area contributed by atoms with Crippen molar-refractivity contribution in [2.24, 2.45) is 4.99 Å². The minimum atomic E-state index is -0.806. The Morgan fingerprint density at radius 3 is 2.41 bits per heavy atom. The molecule has 174 valence electrons. The lowest BCUT2D eigenvalue weighted by Crippen LogP contribution is -2.39. The first-order valence-electron chi connectivity index (χ1n) is 10.5. The highest BCUT2D eigenvalue weighted by Crippen LogP contribution is 2.30. The van der Waals surface area contributed by atoms with E-state index in [1.807, 2.05) is 0 Å². The van der Waals surface area contributed by atoms with Crippen molar-refractivity contribution in [1.29, 1.82) is 0 Å². The molecule has 3 aromatic rings. The van der Waals surface area contributed by atoms with Gasteiger partial charge in [-0.3, -0.25) is 9.36 Å². The molecule has 0 fully saturated rings. The van der Waals surface area contributed by atoms with Gasteiger partial charge in [-0.15, -0.1) is 0 Å². The molecule has 2 heterocycles. The van der Waals surface area contributed by atoms with E-state index in [2.05, 4.69) is 4.99 Å². The van der Waals surface area contributed by atoms with Gasteiger partial charge in [-0.1, -0.05) is 35.6 Å². The maximum Gasteiger partial charge on any atom is 0.338 e. The number of methoxy groups -OCH3 is 1. The normalized spacial score (nSPS) is 15.5. The summed E-state index contributed by atoms with van der Waals surface area (Å²) in [6, 6.07) is 11.5. The lowest BCUT2D eigenvalue weighted by molar-refractivity contribution is -0.139. The summed E-state index contributed by atoms with van der Waals surface area (Å²) >= 11 is 1.18. The fraction of sp³-hybridized carbons (Fsp3) is 0.200. The van der Waals surface area contributed by atoms with E-state index in [0.717, 1.165) is 0 Å². The van der Waals surface area contributed by atoms with E-state index >= 15 is 0 Å². The van der Waals surface area contributed by atoms with Gasteiger partial charge in [-0.2, -0.15) is 0 Å². The Morgan fingerprint density at radius 1 is 1.12 bits per heavy atom. The van der Waals surface area contributed by atoms with Crippen LogP contribution in [0.3, 0.4) is 0 Å². The fourth-order valence-corrected chi connectivity index (χ4v) is 4.78. The Hall–Kier alpha value is -3.85. The highest BCUT2D eigenvalue weighted by molar-refractivity contribution is 7.07. The Bertz CT molecular complexity index is 1470. The van der Waals surface area contributed by atoms with Gasteiger partial charge >= 0.3 is 11.9 Å². The van der Waals surface area contributed by atoms with Crippen LogP contribution in [-0.2, 0) is 14.3 Å². The van der Waals surface area contributed by atoms with Crippen LogP contribution in [0.1, 0.15) is 41.4 Å². The van der Waals surface area contributed by atoms with Crippen molar-refractivity contribution in [3.05, 3.63) is 102 Å². The van der Waals surface area contributed by atoms with Gasteiger partial charge in [0.05, 0.1) is 41.1 Å². The van der Waals surface area contributed by atoms with Gasteiger partial charge in [0, 0.05) is 0 Å². The summed E-state index contributed by atoms with van der Waals surface area (Å²) in [5, 5.41) is 0. The van der Waals surface area contributed by atoms with Crippen LogP contribution < -0.4 is 14.9 Å². The Kier molecular flexibility index (Phi) is 6.56. The number of carbonyl (C=O) groups is 2. The number of hydrogen-bond acceptors (Lipinski definition) is 7. The predicted molar refractivity (Wildman–Crippen MR) is 125 cm³/mol. The van der Waals surface area contributed by atoms with Crippen molar-refractivity contribution in [2.75, 3.05) is 13.7 Å². The molecule has 0 radical (unpaired) electrons. The van der Waals surface area contributed by atoms with Gasteiger partial charge < -0.3 is 9.47 Å². The zero-order valence-corrected chi connectivity index (χ0v) is 19.5. The molecule has 1 aromatic heterocycles. The average Bonchev–Trinajstić information content (AvgIpc) is 3.13. The molecular weight excluding hydrogens is 459 g/mol. The number of carbonyl (C=O) groups excluding carboxylic acids is 2. The smallest absolute Gasteiger partial charge is 0.338 e. The molecule has 7 nitrogen and oxygen atoms in total. The minimum Gasteiger partial charge on any atom is -0.465 e. The molecule has 0 aliphatic carbocycles. The third kappa shape index (κ3) is 4.34. The molecule has 0 spiro atoms. The maximum atomic E-state index is 13.6. The Labute approximate surface area is 198 Å². The summed E-state index contributed by atoms with van der Waals surface area (Å²) < 4.78 is 25.4. The number of ether oxygens (including phenoxy) is 2. The van der Waals surface area contributed by atoms with Crippen molar-refractivity contribution in [3.8, 4) is 0 Å². The van der Waals surface area contributed by atoms with Crippen LogP contribution in [0.4, 0.5) is 4.39 Å².